The molecule has 0 aromatic heterocycles. The van der Waals surface area contributed by atoms with Gasteiger partial charge in [-0.05, 0) is 44.5 Å². The van der Waals surface area contributed by atoms with Crippen LogP contribution in [0.15, 0.2) is 42.5 Å². The van der Waals surface area contributed by atoms with Crippen molar-refractivity contribution in [1.82, 2.24) is 5.32 Å². The predicted octanol–water partition coefficient (Wildman–Crippen LogP) is 2.80. The SMILES string of the molecule is Cc1cc(C)cc(C(=O)NCC(=O)Nc2ccccc2N2CCCC2=O)c1. The van der Waals surface area contributed by atoms with Gasteiger partial charge in [0.1, 0.15) is 0 Å². The first kappa shape index (κ1) is 18.6. The average molecular weight is 365 g/mol. The number of benzene rings is 2. The van der Waals surface area contributed by atoms with Crippen molar-refractivity contribution < 1.29 is 14.4 Å². The lowest BCUT2D eigenvalue weighted by Gasteiger charge is -2.20. The van der Waals surface area contributed by atoms with Crippen molar-refractivity contribution in [2.45, 2.75) is 26.7 Å². The van der Waals surface area contributed by atoms with Gasteiger partial charge in [-0.1, -0.05) is 29.3 Å². The lowest BCUT2D eigenvalue weighted by molar-refractivity contribution is -0.117. The summed E-state index contributed by atoms with van der Waals surface area (Å²) in [5.41, 5.74) is 3.78. The number of hydrogen-bond donors (Lipinski definition) is 2. The maximum absolute atomic E-state index is 12.3. The molecule has 27 heavy (non-hydrogen) atoms. The zero-order valence-corrected chi connectivity index (χ0v) is 15.5. The van der Waals surface area contributed by atoms with E-state index in [2.05, 4.69) is 10.6 Å². The third-order valence-corrected chi connectivity index (χ3v) is 4.44. The fourth-order valence-electron chi connectivity index (χ4n) is 3.28. The molecule has 3 rings (SSSR count). The Labute approximate surface area is 158 Å². The number of nitrogens with one attached hydrogen (secondary N) is 2. The van der Waals surface area contributed by atoms with Gasteiger partial charge in [-0.2, -0.15) is 0 Å². The van der Waals surface area contributed by atoms with Crippen molar-refractivity contribution >= 4 is 29.1 Å². The third kappa shape index (κ3) is 4.53. The molecule has 0 unspecified atom stereocenters. The molecule has 1 aliphatic rings. The predicted molar refractivity (Wildman–Crippen MR) is 105 cm³/mol. The van der Waals surface area contributed by atoms with Crippen molar-refractivity contribution in [3.05, 3.63) is 59.2 Å². The second kappa shape index (κ2) is 8.03. The maximum Gasteiger partial charge on any atom is 0.251 e. The molecule has 0 saturated carbocycles. The minimum absolute atomic E-state index is 0.0554. The van der Waals surface area contributed by atoms with E-state index in [1.807, 2.05) is 32.0 Å². The highest BCUT2D eigenvalue weighted by Crippen LogP contribution is 2.29. The van der Waals surface area contributed by atoms with E-state index in [0.29, 0.717) is 29.9 Å². The van der Waals surface area contributed by atoms with Gasteiger partial charge in [0.15, 0.2) is 0 Å². The molecule has 1 heterocycles. The monoisotopic (exact) mass is 365 g/mol. The standard InChI is InChI=1S/C21H23N3O3/c1-14-10-15(2)12-16(11-14)21(27)22-13-19(25)23-17-6-3-4-7-18(17)24-9-5-8-20(24)26/h3-4,6-7,10-12H,5,8-9,13H2,1-2H3,(H,22,27)(H,23,25). The van der Waals surface area contributed by atoms with E-state index >= 15 is 0 Å². The number of carbonyl (C=O) groups excluding carboxylic acids is 3. The summed E-state index contributed by atoms with van der Waals surface area (Å²) in [6, 6.07) is 12.8. The number of amides is 3. The number of rotatable bonds is 5. The summed E-state index contributed by atoms with van der Waals surface area (Å²) < 4.78 is 0. The lowest BCUT2D eigenvalue weighted by atomic mass is 10.1. The maximum atomic E-state index is 12.3. The van der Waals surface area contributed by atoms with Crippen LogP contribution in [0.5, 0.6) is 0 Å². The van der Waals surface area contributed by atoms with Gasteiger partial charge in [-0.3, -0.25) is 14.4 Å². The molecular formula is C21H23N3O3. The summed E-state index contributed by atoms with van der Waals surface area (Å²) in [7, 11) is 0. The van der Waals surface area contributed by atoms with Crippen molar-refractivity contribution in [2.24, 2.45) is 0 Å². The molecule has 1 fully saturated rings. The Morgan fingerprint density at radius 2 is 1.78 bits per heavy atom. The molecule has 3 amide bonds. The first-order valence-corrected chi connectivity index (χ1v) is 9.00. The molecule has 0 spiro atoms. The molecule has 0 radical (unpaired) electrons. The van der Waals surface area contributed by atoms with Crippen molar-refractivity contribution in [3.63, 3.8) is 0 Å². The highest BCUT2D eigenvalue weighted by molar-refractivity contribution is 6.04. The van der Waals surface area contributed by atoms with E-state index in [-0.39, 0.29) is 24.3 Å². The van der Waals surface area contributed by atoms with Gasteiger partial charge >= 0.3 is 0 Å². The van der Waals surface area contributed by atoms with Crippen LogP contribution in [0.2, 0.25) is 0 Å². The quantitative estimate of drug-likeness (QED) is 0.855. The molecule has 0 aliphatic carbocycles. The van der Waals surface area contributed by atoms with E-state index in [1.165, 1.54) is 0 Å². The van der Waals surface area contributed by atoms with Crippen LogP contribution in [0, 0.1) is 13.8 Å². The van der Waals surface area contributed by atoms with Gasteiger partial charge in [-0.15, -0.1) is 0 Å². The molecular weight excluding hydrogens is 342 g/mol. The highest BCUT2D eigenvalue weighted by atomic mass is 16.2. The van der Waals surface area contributed by atoms with E-state index in [0.717, 1.165) is 17.5 Å². The van der Waals surface area contributed by atoms with Gasteiger partial charge in [0.05, 0.1) is 17.9 Å². The van der Waals surface area contributed by atoms with Crippen molar-refractivity contribution in [1.29, 1.82) is 0 Å². The second-order valence-corrected chi connectivity index (χ2v) is 6.77. The zero-order chi connectivity index (χ0) is 19.4. The number of para-hydroxylation sites is 2. The molecule has 6 nitrogen and oxygen atoms in total. The number of nitrogens with zero attached hydrogens (tertiary/aromatic N) is 1. The van der Waals surface area contributed by atoms with Crippen molar-refractivity contribution in [3.8, 4) is 0 Å². The Balaban J connectivity index is 1.63. The van der Waals surface area contributed by atoms with E-state index in [4.69, 9.17) is 0 Å². The van der Waals surface area contributed by atoms with Gasteiger partial charge in [0, 0.05) is 18.5 Å². The minimum atomic E-state index is -0.341. The van der Waals surface area contributed by atoms with Gasteiger partial charge in [0.25, 0.3) is 5.91 Å². The molecule has 6 heteroatoms. The van der Waals surface area contributed by atoms with E-state index < -0.39 is 0 Å². The topological polar surface area (TPSA) is 78.5 Å². The number of carbonyl (C=O) groups is 3. The minimum Gasteiger partial charge on any atom is -0.343 e. The Bertz CT molecular complexity index is 872. The number of hydrogen-bond acceptors (Lipinski definition) is 3. The van der Waals surface area contributed by atoms with Crippen LogP contribution in [-0.2, 0) is 9.59 Å². The Morgan fingerprint density at radius 1 is 1.07 bits per heavy atom. The fourth-order valence-corrected chi connectivity index (χ4v) is 3.28. The molecule has 1 aliphatic heterocycles. The molecule has 140 valence electrons. The van der Waals surface area contributed by atoms with Crippen molar-refractivity contribution in [2.75, 3.05) is 23.3 Å². The van der Waals surface area contributed by atoms with Crippen LogP contribution in [0.25, 0.3) is 0 Å². The molecule has 2 aromatic rings. The Morgan fingerprint density at radius 3 is 2.44 bits per heavy atom. The molecule has 0 bridgehead atoms. The normalized spacial score (nSPS) is 13.6. The third-order valence-electron chi connectivity index (χ3n) is 4.44. The van der Waals surface area contributed by atoms with Crippen LogP contribution in [0.1, 0.15) is 34.3 Å². The Kier molecular flexibility index (Phi) is 5.54. The van der Waals surface area contributed by atoms with E-state index in [1.54, 1.807) is 29.2 Å². The second-order valence-electron chi connectivity index (χ2n) is 6.77. The number of aryl methyl sites for hydroxylation is 2. The molecule has 2 aromatic carbocycles. The fraction of sp³-hybridized carbons (Fsp3) is 0.286. The Hall–Kier alpha value is -3.15. The first-order valence-electron chi connectivity index (χ1n) is 9.00. The first-order chi connectivity index (χ1) is 12.9. The number of anilines is 2. The smallest absolute Gasteiger partial charge is 0.251 e. The van der Waals surface area contributed by atoms with Gasteiger partial charge in [0.2, 0.25) is 11.8 Å². The highest BCUT2D eigenvalue weighted by Gasteiger charge is 2.24. The average Bonchev–Trinajstić information content (AvgIpc) is 3.05. The lowest BCUT2D eigenvalue weighted by Crippen LogP contribution is -2.33. The van der Waals surface area contributed by atoms with Gasteiger partial charge in [-0.25, -0.2) is 0 Å². The van der Waals surface area contributed by atoms with Crippen LogP contribution in [0.4, 0.5) is 11.4 Å². The van der Waals surface area contributed by atoms with E-state index in [9.17, 15) is 14.4 Å². The molecule has 1 saturated heterocycles. The zero-order valence-electron chi connectivity index (χ0n) is 15.5. The summed E-state index contributed by atoms with van der Waals surface area (Å²) in [5.74, 6) is -0.577. The summed E-state index contributed by atoms with van der Waals surface area (Å²) in [5, 5.41) is 5.43. The summed E-state index contributed by atoms with van der Waals surface area (Å²) in [4.78, 5) is 38.3. The van der Waals surface area contributed by atoms with Gasteiger partial charge < -0.3 is 15.5 Å². The molecule has 2 N–H and O–H groups in total. The summed E-state index contributed by atoms with van der Waals surface area (Å²) in [6.07, 6.45) is 1.33. The summed E-state index contributed by atoms with van der Waals surface area (Å²) >= 11 is 0. The van der Waals surface area contributed by atoms with Crippen LogP contribution >= 0.6 is 0 Å². The molecule has 0 atom stereocenters. The summed E-state index contributed by atoms with van der Waals surface area (Å²) in [6.45, 7) is 4.35. The van der Waals surface area contributed by atoms with Crippen LogP contribution < -0.4 is 15.5 Å². The largest absolute Gasteiger partial charge is 0.343 e. The van der Waals surface area contributed by atoms with Crippen LogP contribution in [-0.4, -0.2) is 30.8 Å². The van der Waals surface area contributed by atoms with Crippen LogP contribution in [0.3, 0.4) is 0 Å².